The summed E-state index contributed by atoms with van der Waals surface area (Å²) in [5, 5.41) is 0. The zero-order valence-corrected chi connectivity index (χ0v) is 14.2. The summed E-state index contributed by atoms with van der Waals surface area (Å²) in [6.45, 7) is 1.19. The van der Waals surface area contributed by atoms with Gasteiger partial charge in [-0.3, -0.25) is 9.59 Å². The second-order valence-electron chi connectivity index (χ2n) is 6.48. The van der Waals surface area contributed by atoms with Gasteiger partial charge >= 0.3 is 0 Å². The lowest BCUT2D eigenvalue weighted by atomic mass is 10.2. The molecular weight excluding hydrogens is 330 g/mol. The fourth-order valence-electron chi connectivity index (χ4n) is 3.43. The molecule has 3 heterocycles. The number of likely N-dealkylation sites (tertiary alicyclic amines) is 1. The molecule has 0 spiro atoms. The number of primary amides is 1. The second kappa shape index (κ2) is 6.59. The molecule has 2 N–H and O–H groups in total. The van der Waals surface area contributed by atoms with Crippen molar-refractivity contribution in [3.63, 3.8) is 0 Å². The highest BCUT2D eigenvalue weighted by Crippen LogP contribution is 2.21. The number of imidazole rings is 1. The van der Waals surface area contributed by atoms with Gasteiger partial charge in [-0.2, -0.15) is 0 Å². The van der Waals surface area contributed by atoms with E-state index in [0.29, 0.717) is 30.6 Å². The van der Waals surface area contributed by atoms with Gasteiger partial charge < -0.3 is 15.2 Å². The Kier molecular flexibility index (Phi) is 4.12. The average molecular weight is 349 g/mol. The molecule has 26 heavy (non-hydrogen) atoms. The van der Waals surface area contributed by atoms with Crippen molar-refractivity contribution >= 4 is 23.0 Å². The Labute approximate surface area is 150 Å². The van der Waals surface area contributed by atoms with E-state index in [4.69, 9.17) is 5.73 Å². The fourth-order valence-corrected chi connectivity index (χ4v) is 3.43. The zero-order valence-electron chi connectivity index (χ0n) is 14.2. The Hall–Kier alpha value is -3.22. The van der Waals surface area contributed by atoms with E-state index in [1.807, 2.05) is 34.9 Å². The Balaban J connectivity index is 1.60. The van der Waals surface area contributed by atoms with Crippen molar-refractivity contribution < 1.29 is 9.59 Å². The van der Waals surface area contributed by atoms with Crippen molar-refractivity contribution in [2.24, 2.45) is 5.73 Å². The van der Waals surface area contributed by atoms with Crippen molar-refractivity contribution in [2.45, 2.75) is 25.4 Å². The number of aromatic nitrogens is 3. The normalized spacial score (nSPS) is 16.9. The molecule has 1 aromatic carbocycles. The quantitative estimate of drug-likeness (QED) is 0.773. The van der Waals surface area contributed by atoms with E-state index >= 15 is 0 Å². The Morgan fingerprint density at radius 2 is 2.00 bits per heavy atom. The largest absolute Gasteiger partial charge is 0.368 e. The van der Waals surface area contributed by atoms with Gasteiger partial charge in [0, 0.05) is 12.7 Å². The van der Waals surface area contributed by atoms with E-state index in [1.165, 1.54) is 4.90 Å². The molecule has 0 saturated carbocycles. The minimum Gasteiger partial charge on any atom is -0.368 e. The van der Waals surface area contributed by atoms with Gasteiger partial charge in [-0.05, 0) is 24.5 Å². The number of hydrogen-bond acceptors (Lipinski definition) is 4. The molecule has 0 aliphatic carbocycles. The Bertz CT molecular complexity index is 966. The van der Waals surface area contributed by atoms with Crippen molar-refractivity contribution in [3.8, 4) is 0 Å². The van der Waals surface area contributed by atoms with E-state index in [2.05, 4.69) is 9.97 Å². The van der Waals surface area contributed by atoms with Crippen LogP contribution in [0.5, 0.6) is 0 Å². The molecule has 7 heteroatoms. The van der Waals surface area contributed by atoms with Gasteiger partial charge in [0.25, 0.3) is 5.91 Å². The van der Waals surface area contributed by atoms with E-state index in [-0.39, 0.29) is 5.91 Å². The van der Waals surface area contributed by atoms with Crippen LogP contribution in [-0.2, 0) is 11.3 Å². The Morgan fingerprint density at radius 3 is 2.77 bits per heavy atom. The molecule has 3 aromatic rings. The number of amides is 2. The molecule has 2 amide bonds. The number of nitrogens with zero attached hydrogens (tertiary/aromatic N) is 4. The SMILES string of the molecule is NC(=O)[C@H]1CCCN1C(=O)c1cnc2c(c1)ncn2Cc1ccccc1. The summed E-state index contributed by atoms with van der Waals surface area (Å²) >= 11 is 0. The molecule has 1 atom stereocenters. The lowest BCUT2D eigenvalue weighted by Crippen LogP contribution is -2.43. The van der Waals surface area contributed by atoms with Crippen molar-refractivity contribution in [1.29, 1.82) is 0 Å². The highest BCUT2D eigenvalue weighted by Gasteiger charge is 2.33. The topological polar surface area (TPSA) is 94.1 Å². The van der Waals surface area contributed by atoms with Crippen LogP contribution >= 0.6 is 0 Å². The van der Waals surface area contributed by atoms with Crippen LogP contribution < -0.4 is 5.73 Å². The van der Waals surface area contributed by atoms with Crippen LogP contribution in [0.15, 0.2) is 48.9 Å². The van der Waals surface area contributed by atoms with Gasteiger partial charge in [0.1, 0.15) is 11.6 Å². The van der Waals surface area contributed by atoms with E-state index in [1.54, 1.807) is 18.6 Å². The minimum absolute atomic E-state index is 0.224. The number of nitrogens with two attached hydrogens (primary N) is 1. The second-order valence-corrected chi connectivity index (χ2v) is 6.48. The fraction of sp³-hybridized carbons (Fsp3) is 0.263. The van der Waals surface area contributed by atoms with Gasteiger partial charge in [0.05, 0.1) is 18.4 Å². The highest BCUT2D eigenvalue weighted by molar-refractivity contribution is 5.99. The third-order valence-corrected chi connectivity index (χ3v) is 4.74. The van der Waals surface area contributed by atoms with Crippen molar-refractivity contribution in [1.82, 2.24) is 19.4 Å². The van der Waals surface area contributed by atoms with Crippen molar-refractivity contribution in [3.05, 3.63) is 60.0 Å². The van der Waals surface area contributed by atoms with Crippen LogP contribution in [0.1, 0.15) is 28.8 Å². The average Bonchev–Trinajstić information content (AvgIpc) is 3.29. The number of fused-ring (bicyclic) bond motifs is 1. The van der Waals surface area contributed by atoms with E-state index in [0.717, 1.165) is 17.6 Å². The van der Waals surface area contributed by atoms with Gasteiger partial charge in [-0.15, -0.1) is 0 Å². The first-order chi connectivity index (χ1) is 12.6. The summed E-state index contributed by atoms with van der Waals surface area (Å²) in [7, 11) is 0. The Morgan fingerprint density at radius 1 is 1.19 bits per heavy atom. The van der Waals surface area contributed by atoms with Crippen LogP contribution in [-0.4, -0.2) is 43.8 Å². The first-order valence-electron chi connectivity index (χ1n) is 8.58. The number of carbonyl (C=O) groups excluding carboxylic acids is 2. The summed E-state index contributed by atoms with van der Waals surface area (Å²) in [6, 6.07) is 11.2. The molecule has 1 saturated heterocycles. The lowest BCUT2D eigenvalue weighted by Gasteiger charge is -2.22. The molecular formula is C19H19N5O2. The van der Waals surface area contributed by atoms with Crippen LogP contribution in [0.25, 0.3) is 11.2 Å². The minimum atomic E-state index is -0.533. The number of rotatable bonds is 4. The maximum atomic E-state index is 12.7. The third-order valence-electron chi connectivity index (χ3n) is 4.74. The van der Waals surface area contributed by atoms with Crippen LogP contribution in [0.4, 0.5) is 0 Å². The standard InChI is InChI=1S/C19H19N5O2/c20-17(25)16-7-4-8-24(16)19(26)14-9-15-18(21-10-14)23(12-22-15)11-13-5-2-1-3-6-13/h1-3,5-6,9-10,12,16H,4,7-8,11H2,(H2,20,25)/t16-/m1/s1. The molecule has 0 unspecified atom stereocenters. The summed E-state index contributed by atoms with van der Waals surface area (Å²) in [5.74, 6) is -0.685. The molecule has 0 bridgehead atoms. The smallest absolute Gasteiger partial charge is 0.256 e. The predicted molar refractivity (Wildman–Crippen MR) is 96.3 cm³/mol. The molecule has 1 aliphatic heterocycles. The predicted octanol–water partition coefficient (Wildman–Crippen LogP) is 1.57. The molecule has 0 radical (unpaired) electrons. The van der Waals surface area contributed by atoms with E-state index in [9.17, 15) is 9.59 Å². The lowest BCUT2D eigenvalue weighted by molar-refractivity contribution is -0.121. The number of carbonyl (C=O) groups is 2. The van der Waals surface area contributed by atoms with Crippen LogP contribution in [0.3, 0.4) is 0 Å². The molecule has 1 aliphatic rings. The maximum Gasteiger partial charge on any atom is 0.256 e. The molecule has 132 valence electrons. The third kappa shape index (κ3) is 2.92. The molecule has 7 nitrogen and oxygen atoms in total. The first-order valence-corrected chi connectivity index (χ1v) is 8.58. The zero-order chi connectivity index (χ0) is 18.1. The number of hydrogen-bond donors (Lipinski definition) is 1. The monoisotopic (exact) mass is 349 g/mol. The van der Waals surface area contributed by atoms with Crippen LogP contribution in [0.2, 0.25) is 0 Å². The summed E-state index contributed by atoms with van der Waals surface area (Å²) in [5.41, 5.74) is 8.36. The maximum absolute atomic E-state index is 12.7. The molecule has 4 rings (SSSR count). The number of benzene rings is 1. The van der Waals surface area contributed by atoms with E-state index < -0.39 is 11.9 Å². The van der Waals surface area contributed by atoms with Crippen molar-refractivity contribution in [2.75, 3.05) is 6.54 Å². The molecule has 1 fully saturated rings. The van der Waals surface area contributed by atoms with Crippen LogP contribution in [0, 0.1) is 0 Å². The van der Waals surface area contributed by atoms with Gasteiger partial charge in [0.15, 0.2) is 5.65 Å². The number of pyridine rings is 1. The first kappa shape index (κ1) is 16.3. The molecule has 2 aromatic heterocycles. The summed E-state index contributed by atoms with van der Waals surface area (Å²) in [4.78, 5) is 34.6. The highest BCUT2D eigenvalue weighted by atomic mass is 16.2. The van der Waals surface area contributed by atoms with Gasteiger partial charge in [-0.25, -0.2) is 9.97 Å². The summed E-state index contributed by atoms with van der Waals surface area (Å²) in [6.07, 6.45) is 4.66. The summed E-state index contributed by atoms with van der Waals surface area (Å²) < 4.78 is 1.95. The van der Waals surface area contributed by atoms with Gasteiger partial charge in [0.2, 0.25) is 5.91 Å². The van der Waals surface area contributed by atoms with Gasteiger partial charge in [-0.1, -0.05) is 30.3 Å².